The zero-order valence-corrected chi connectivity index (χ0v) is 26.7. The van der Waals surface area contributed by atoms with Crippen LogP contribution in [-0.2, 0) is 0 Å². The van der Waals surface area contributed by atoms with Crippen molar-refractivity contribution in [3.05, 3.63) is 102 Å². The molecule has 0 aliphatic carbocycles. The topological polar surface area (TPSA) is 30.2 Å². The van der Waals surface area contributed by atoms with E-state index in [1.807, 2.05) is 24.8 Å². The van der Waals surface area contributed by atoms with Crippen LogP contribution in [0.4, 0.5) is 0 Å². The van der Waals surface area contributed by atoms with Gasteiger partial charge in [0.05, 0.1) is 28.9 Å². The average Bonchev–Trinajstić information content (AvgIpc) is 3.52. The fourth-order valence-electron chi connectivity index (χ4n) is 7.48. The molecule has 3 nitrogen and oxygen atoms in total. The first-order valence-electron chi connectivity index (χ1n) is 15.9. The monoisotopic (exact) mass is 563 g/mol. The van der Waals surface area contributed by atoms with Gasteiger partial charge in [-0.2, -0.15) is 0 Å². The molecular formula is C40H41N3. The molecule has 3 aromatic carbocycles. The van der Waals surface area contributed by atoms with Gasteiger partial charge in [0.25, 0.3) is 0 Å². The molecular weight excluding hydrogens is 522 g/mol. The molecule has 0 N–H and O–H groups in total. The average molecular weight is 564 g/mol. The van der Waals surface area contributed by atoms with Crippen molar-refractivity contribution in [2.24, 2.45) is 0 Å². The van der Waals surface area contributed by atoms with E-state index in [2.05, 4.69) is 124 Å². The molecule has 0 fully saturated rings. The van der Waals surface area contributed by atoms with Gasteiger partial charge in [0.2, 0.25) is 0 Å². The molecule has 0 radical (unpaired) electrons. The van der Waals surface area contributed by atoms with Gasteiger partial charge in [0.1, 0.15) is 0 Å². The molecule has 7 rings (SSSR count). The number of benzene rings is 3. The molecule has 0 unspecified atom stereocenters. The van der Waals surface area contributed by atoms with Crippen LogP contribution in [0.5, 0.6) is 0 Å². The summed E-state index contributed by atoms with van der Waals surface area (Å²) in [4.78, 5) is 9.24. The van der Waals surface area contributed by atoms with E-state index in [0.29, 0.717) is 23.7 Å². The fourth-order valence-corrected chi connectivity index (χ4v) is 7.48. The summed E-state index contributed by atoms with van der Waals surface area (Å²) in [6.45, 7) is 18.6. The zero-order valence-electron chi connectivity index (χ0n) is 26.7. The van der Waals surface area contributed by atoms with Crippen LogP contribution in [-0.4, -0.2) is 14.4 Å². The molecule has 0 saturated carbocycles. The molecule has 4 heterocycles. The summed E-state index contributed by atoms with van der Waals surface area (Å²) in [5.74, 6) is 1.57. The molecule has 4 aromatic heterocycles. The van der Waals surface area contributed by atoms with Gasteiger partial charge in [-0.25, -0.2) is 0 Å². The van der Waals surface area contributed by atoms with Crippen LogP contribution >= 0.6 is 0 Å². The first kappa shape index (κ1) is 27.6. The lowest BCUT2D eigenvalue weighted by molar-refractivity contribution is 0.837. The highest BCUT2D eigenvalue weighted by Crippen LogP contribution is 2.51. The van der Waals surface area contributed by atoms with E-state index in [9.17, 15) is 0 Å². The number of pyridine rings is 2. The highest BCUT2D eigenvalue weighted by atomic mass is 14.9. The largest absolute Gasteiger partial charge is 0.305 e. The summed E-state index contributed by atoms with van der Waals surface area (Å²) in [7, 11) is 0. The van der Waals surface area contributed by atoms with Gasteiger partial charge in [0.15, 0.2) is 0 Å². The van der Waals surface area contributed by atoms with Crippen molar-refractivity contribution in [1.29, 1.82) is 0 Å². The van der Waals surface area contributed by atoms with Crippen LogP contribution in [0, 0.1) is 0 Å². The maximum absolute atomic E-state index is 4.62. The second-order valence-corrected chi connectivity index (χ2v) is 13.4. The Kier molecular flexibility index (Phi) is 6.54. The Hall–Kier alpha value is -4.24. The minimum absolute atomic E-state index is 0.391. The predicted molar refractivity (Wildman–Crippen MR) is 184 cm³/mol. The summed E-state index contributed by atoms with van der Waals surface area (Å²) in [6.07, 6.45) is 7.95. The molecule has 0 spiro atoms. The van der Waals surface area contributed by atoms with E-state index >= 15 is 0 Å². The van der Waals surface area contributed by atoms with E-state index in [-0.39, 0.29) is 0 Å². The number of nitrogens with zero attached hydrogens (tertiary/aromatic N) is 3. The Morgan fingerprint density at radius 1 is 0.512 bits per heavy atom. The molecule has 7 aromatic rings. The number of aromatic nitrogens is 3. The normalized spacial score (nSPS) is 12.6. The highest BCUT2D eigenvalue weighted by molar-refractivity contribution is 6.30. The van der Waals surface area contributed by atoms with Crippen LogP contribution in [0.2, 0.25) is 0 Å². The maximum atomic E-state index is 4.62. The Morgan fingerprint density at radius 3 is 1.23 bits per heavy atom. The smallest absolute Gasteiger partial charge is 0.0725 e. The number of hydrogen-bond donors (Lipinski definition) is 0. The van der Waals surface area contributed by atoms with Crippen LogP contribution in [0.3, 0.4) is 0 Å². The molecule has 0 saturated heterocycles. The molecule has 216 valence electrons. The Bertz CT molecular complexity index is 1940. The van der Waals surface area contributed by atoms with Crippen molar-refractivity contribution in [3.8, 4) is 22.3 Å². The van der Waals surface area contributed by atoms with Crippen molar-refractivity contribution in [2.75, 3.05) is 0 Å². The van der Waals surface area contributed by atoms with Crippen LogP contribution in [0.15, 0.2) is 79.4 Å². The molecule has 43 heavy (non-hydrogen) atoms. The van der Waals surface area contributed by atoms with E-state index in [1.54, 1.807) is 0 Å². The Labute approximate surface area is 255 Å². The summed E-state index contributed by atoms with van der Waals surface area (Å²) in [5.41, 5.74) is 14.6. The van der Waals surface area contributed by atoms with Crippen LogP contribution in [0.1, 0.15) is 101 Å². The summed E-state index contributed by atoms with van der Waals surface area (Å²) in [5, 5.41) is 5.12. The molecule has 0 amide bonds. The molecule has 0 atom stereocenters. The minimum Gasteiger partial charge on any atom is -0.305 e. The fraction of sp³-hybridized carbons (Fsp3) is 0.300. The van der Waals surface area contributed by atoms with Gasteiger partial charge in [-0.05, 0) is 86.4 Å². The quantitative estimate of drug-likeness (QED) is 0.201. The van der Waals surface area contributed by atoms with Crippen molar-refractivity contribution < 1.29 is 0 Å². The second kappa shape index (κ2) is 10.2. The van der Waals surface area contributed by atoms with Crippen molar-refractivity contribution >= 4 is 38.1 Å². The van der Waals surface area contributed by atoms with E-state index < -0.39 is 0 Å². The highest BCUT2D eigenvalue weighted by Gasteiger charge is 2.28. The third-order valence-electron chi connectivity index (χ3n) is 9.43. The molecule has 3 heteroatoms. The van der Waals surface area contributed by atoms with Crippen molar-refractivity contribution in [1.82, 2.24) is 14.4 Å². The van der Waals surface area contributed by atoms with Crippen molar-refractivity contribution in [3.63, 3.8) is 0 Å². The Balaban J connectivity index is 1.82. The standard InChI is InChI=1S/C40H41N3/c1-22(2)26-11-9-12-27(23(3)4)36(26)32-19-33(37-28(24(5)6)13-10-14-29(37)25(7)8)39-31-16-18-42-21-35(31)43-34-20-41-17-15-30(34)38(32)40(39)43/h9-25H,1-8H3. The lowest BCUT2D eigenvalue weighted by Gasteiger charge is -2.24. The summed E-state index contributed by atoms with van der Waals surface area (Å²) < 4.78 is 2.43. The van der Waals surface area contributed by atoms with Gasteiger partial charge in [-0.1, -0.05) is 91.8 Å². The van der Waals surface area contributed by atoms with Crippen LogP contribution in [0.25, 0.3) is 60.3 Å². The van der Waals surface area contributed by atoms with Gasteiger partial charge in [-0.15, -0.1) is 0 Å². The number of rotatable bonds is 6. The van der Waals surface area contributed by atoms with E-state index in [1.165, 1.54) is 71.6 Å². The third-order valence-corrected chi connectivity index (χ3v) is 9.43. The first-order valence-corrected chi connectivity index (χ1v) is 15.9. The number of fused-ring (bicyclic) bond motifs is 6. The first-order chi connectivity index (χ1) is 20.7. The second-order valence-electron chi connectivity index (χ2n) is 13.4. The van der Waals surface area contributed by atoms with Gasteiger partial charge in [0, 0.05) is 33.9 Å². The summed E-state index contributed by atoms with van der Waals surface area (Å²) >= 11 is 0. The van der Waals surface area contributed by atoms with Gasteiger partial charge >= 0.3 is 0 Å². The minimum atomic E-state index is 0.391. The van der Waals surface area contributed by atoms with E-state index in [4.69, 9.17) is 0 Å². The van der Waals surface area contributed by atoms with E-state index in [0.717, 1.165) is 11.0 Å². The van der Waals surface area contributed by atoms with Crippen LogP contribution < -0.4 is 0 Å². The van der Waals surface area contributed by atoms with Crippen molar-refractivity contribution in [2.45, 2.75) is 79.1 Å². The zero-order chi connectivity index (χ0) is 30.2. The molecule has 0 bridgehead atoms. The molecule has 0 aliphatic heterocycles. The SMILES string of the molecule is CC(C)c1cccc(C(C)C)c1-c1cc(-c2c(C(C)C)cccc2C(C)C)c2c3ccncc3n3c4cnccc4c1c23. The third kappa shape index (κ3) is 4.01. The number of hydrogen-bond acceptors (Lipinski definition) is 2. The lowest BCUT2D eigenvalue weighted by atomic mass is 9.79. The van der Waals surface area contributed by atoms with Gasteiger partial charge < -0.3 is 4.40 Å². The maximum Gasteiger partial charge on any atom is 0.0725 e. The lowest BCUT2D eigenvalue weighted by Crippen LogP contribution is -2.03. The molecule has 0 aliphatic rings. The predicted octanol–water partition coefficient (Wildman–Crippen LogP) is 11.5. The summed E-state index contributed by atoms with van der Waals surface area (Å²) in [6, 6.07) is 20.8. The van der Waals surface area contributed by atoms with Gasteiger partial charge in [-0.3, -0.25) is 9.97 Å². The Morgan fingerprint density at radius 2 is 0.884 bits per heavy atom.